The lowest BCUT2D eigenvalue weighted by atomic mass is 9.88. The third-order valence-electron chi connectivity index (χ3n) is 11.6. The molecule has 10 rings (SSSR count). The molecule has 0 fully saturated rings. The van der Waals surface area contributed by atoms with Gasteiger partial charge in [-0.05, 0) is 80.6 Å². The fourth-order valence-corrected chi connectivity index (χ4v) is 14.0. The summed E-state index contributed by atoms with van der Waals surface area (Å²) in [6.07, 6.45) is 0. The zero-order valence-corrected chi connectivity index (χ0v) is 33.5. The van der Waals surface area contributed by atoms with E-state index in [1.54, 1.807) is 0 Å². The molecule has 4 heteroatoms. The maximum absolute atomic E-state index is 5.34. The molecule has 0 radical (unpaired) electrons. The second kappa shape index (κ2) is 14.8. The quantitative estimate of drug-likeness (QED) is 0.114. The number of benzene rings is 8. The van der Waals surface area contributed by atoms with Crippen LogP contribution in [-0.4, -0.2) is 23.0 Å². The minimum atomic E-state index is -2.79. The number of hydrogen-bond acceptors (Lipinski definition) is 3. The molecular formula is C54H41N3Si. The van der Waals surface area contributed by atoms with Crippen LogP contribution in [0, 0.1) is 13.8 Å². The van der Waals surface area contributed by atoms with Crippen LogP contribution in [-0.2, 0) is 0 Å². The van der Waals surface area contributed by atoms with E-state index in [0.29, 0.717) is 17.5 Å². The van der Waals surface area contributed by atoms with Gasteiger partial charge in [0.15, 0.2) is 25.5 Å². The topological polar surface area (TPSA) is 38.7 Å². The van der Waals surface area contributed by atoms with E-state index < -0.39 is 8.07 Å². The van der Waals surface area contributed by atoms with E-state index in [1.165, 1.54) is 59.7 Å². The molecule has 1 aliphatic rings. The van der Waals surface area contributed by atoms with Gasteiger partial charge >= 0.3 is 0 Å². The van der Waals surface area contributed by atoms with E-state index in [0.717, 1.165) is 16.7 Å². The van der Waals surface area contributed by atoms with Crippen LogP contribution in [0.4, 0.5) is 0 Å². The van der Waals surface area contributed by atoms with Gasteiger partial charge in [-0.1, -0.05) is 199 Å². The van der Waals surface area contributed by atoms with Crippen LogP contribution >= 0.6 is 0 Å². The summed E-state index contributed by atoms with van der Waals surface area (Å²) in [5, 5.41) is 5.24. The molecule has 0 atom stereocenters. The predicted molar refractivity (Wildman–Crippen MR) is 242 cm³/mol. The molecule has 0 saturated carbocycles. The van der Waals surface area contributed by atoms with Gasteiger partial charge in [0.05, 0.1) is 0 Å². The Kier molecular flexibility index (Phi) is 9.04. The average Bonchev–Trinajstić information content (AvgIpc) is 3.62. The van der Waals surface area contributed by atoms with Crippen molar-refractivity contribution < 1.29 is 0 Å². The van der Waals surface area contributed by atoms with Crippen molar-refractivity contribution in [2.45, 2.75) is 19.8 Å². The lowest BCUT2D eigenvalue weighted by Crippen LogP contribution is -2.74. The van der Waals surface area contributed by atoms with Crippen molar-refractivity contribution in [3.63, 3.8) is 0 Å². The van der Waals surface area contributed by atoms with Crippen molar-refractivity contribution in [3.05, 3.63) is 234 Å². The Labute approximate surface area is 341 Å². The molecule has 3 nitrogen and oxygen atoms in total. The average molecular weight is 760 g/mol. The molecule has 0 spiro atoms. The zero-order chi connectivity index (χ0) is 39.1. The minimum absolute atomic E-state index is 0.122. The van der Waals surface area contributed by atoms with E-state index in [4.69, 9.17) is 15.0 Å². The maximum atomic E-state index is 5.34. The highest BCUT2D eigenvalue weighted by molar-refractivity contribution is 7.19. The molecular weight excluding hydrogens is 719 g/mol. The van der Waals surface area contributed by atoms with Crippen molar-refractivity contribution in [3.8, 4) is 45.3 Å². The van der Waals surface area contributed by atoms with Crippen LogP contribution in [0.15, 0.2) is 206 Å². The molecule has 1 aliphatic carbocycles. The molecule has 0 aliphatic heterocycles. The summed E-state index contributed by atoms with van der Waals surface area (Å²) in [5.74, 6) is 2.09. The van der Waals surface area contributed by atoms with Gasteiger partial charge in [-0.15, -0.1) is 0 Å². The van der Waals surface area contributed by atoms with Crippen molar-refractivity contribution in [2.75, 3.05) is 0 Å². The van der Waals surface area contributed by atoms with Gasteiger partial charge in [0.25, 0.3) is 0 Å². The number of rotatable bonds is 8. The number of hydrogen-bond donors (Lipinski definition) is 0. The molecule has 58 heavy (non-hydrogen) atoms. The Morgan fingerprint density at radius 1 is 0.345 bits per heavy atom. The Morgan fingerprint density at radius 3 is 1.28 bits per heavy atom. The third kappa shape index (κ3) is 6.19. The molecule has 0 unspecified atom stereocenters. The molecule has 0 amide bonds. The SMILES string of the molecule is Cc1cc(C)cc(-c2nc(-c3cccc(C4c5ccccc5-c5ccccc54)c3)nc(-c3cccc([Si](c4ccccc4)(c4ccccc4)c4ccccc4)c3)n2)c1. The van der Waals surface area contributed by atoms with Crippen LogP contribution in [0.2, 0.25) is 0 Å². The normalized spacial score (nSPS) is 12.2. The highest BCUT2D eigenvalue weighted by Crippen LogP contribution is 2.48. The molecule has 9 aromatic rings. The molecule has 1 aromatic heterocycles. The van der Waals surface area contributed by atoms with Crippen LogP contribution in [0.5, 0.6) is 0 Å². The summed E-state index contributed by atoms with van der Waals surface area (Å²) in [6.45, 7) is 4.26. The smallest absolute Gasteiger partial charge is 0.179 e. The van der Waals surface area contributed by atoms with E-state index in [2.05, 4.69) is 220 Å². The minimum Gasteiger partial charge on any atom is -0.208 e. The highest BCUT2D eigenvalue weighted by atomic mass is 28.3. The Morgan fingerprint density at radius 2 is 0.759 bits per heavy atom. The van der Waals surface area contributed by atoms with E-state index in [9.17, 15) is 0 Å². The van der Waals surface area contributed by atoms with Gasteiger partial charge in [0, 0.05) is 22.6 Å². The highest BCUT2D eigenvalue weighted by Gasteiger charge is 2.41. The molecule has 0 N–H and O–H groups in total. The standard InChI is InChI=1S/C54H41N3Si/c1-37-32-38(2)34-42(33-37)54-56-52(40-19-16-18-39(35-40)51-49-30-14-12-28-47(49)48-29-13-15-31-50(48)51)55-53(57-54)41-20-17-27-46(36-41)58(43-21-6-3-7-22-43,44-23-8-4-9-24-44)45-25-10-5-11-26-45/h3-36,51H,1-2H3. The molecule has 0 bridgehead atoms. The third-order valence-corrected chi connectivity index (χ3v) is 16.4. The van der Waals surface area contributed by atoms with Gasteiger partial charge in [-0.2, -0.15) is 0 Å². The Balaban J connectivity index is 1.17. The molecule has 0 saturated heterocycles. The summed E-state index contributed by atoms with van der Waals surface area (Å²) in [4.78, 5) is 15.8. The van der Waals surface area contributed by atoms with Gasteiger partial charge in [0.1, 0.15) is 0 Å². The zero-order valence-electron chi connectivity index (χ0n) is 32.5. The second-order valence-corrected chi connectivity index (χ2v) is 19.2. The summed E-state index contributed by atoms with van der Waals surface area (Å²) in [6, 6.07) is 75.0. The summed E-state index contributed by atoms with van der Waals surface area (Å²) in [7, 11) is -2.79. The second-order valence-electron chi connectivity index (χ2n) is 15.3. The summed E-state index contributed by atoms with van der Waals surface area (Å²) >= 11 is 0. The van der Waals surface area contributed by atoms with Gasteiger partial charge in [-0.3, -0.25) is 0 Å². The first-order valence-corrected chi connectivity index (χ1v) is 22.0. The molecule has 1 heterocycles. The number of fused-ring (bicyclic) bond motifs is 3. The van der Waals surface area contributed by atoms with E-state index >= 15 is 0 Å². The number of nitrogens with zero attached hydrogens (tertiary/aromatic N) is 3. The van der Waals surface area contributed by atoms with Crippen LogP contribution in [0.1, 0.15) is 33.7 Å². The van der Waals surface area contributed by atoms with Crippen molar-refractivity contribution in [2.24, 2.45) is 0 Å². The Bertz CT molecular complexity index is 2760. The van der Waals surface area contributed by atoms with Gasteiger partial charge in [-0.25, -0.2) is 15.0 Å². The first kappa shape index (κ1) is 35.4. The van der Waals surface area contributed by atoms with Crippen molar-refractivity contribution in [1.82, 2.24) is 15.0 Å². The maximum Gasteiger partial charge on any atom is 0.179 e. The van der Waals surface area contributed by atoms with Crippen LogP contribution < -0.4 is 20.7 Å². The summed E-state index contributed by atoms with van der Waals surface area (Å²) < 4.78 is 0. The molecule has 276 valence electrons. The first-order valence-electron chi connectivity index (χ1n) is 20.0. The van der Waals surface area contributed by atoms with Crippen molar-refractivity contribution in [1.29, 1.82) is 0 Å². The fraction of sp³-hybridized carbons (Fsp3) is 0.0556. The lowest BCUT2D eigenvalue weighted by molar-refractivity contribution is 1.01. The van der Waals surface area contributed by atoms with Gasteiger partial charge < -0.3 is 0 Å². The number of aromatic nitrogens is 3. The van der Waals surface area contributed by atoms with Crippen LogP contribution in [0.25, 0.3) is 45.3 Å². The van der Waals surface area contributed by atoms with Crippen LogP contribution in [0.3, 0.4) is 0 Å². The first-order chi connectivity index (χ1) is 28.6. The lowest BCUT2D eigenvalue weighted by Gasteiger charge is -2.34. The van der Waals surface area contributed by atoms with Gasteiger partial charge in [0.2, 0.25) is 0 Å². The largest absolute Gasteiger partial charge is 0.208 e. The molecule has 8 aromatic carbocycles. The van der Waals surface area contributed by atoms with E-state index in [-0.39, 0.29) is 5.92 Å². The summed E-state index contributed by atoms with van der Waals surface area (Å²) in [5.41, 5.74) is 11.7. The monoisotopic (exact) mass is 759 g/mol. The van der Waals surface area contributed by atoms with Crippen molar-refractivity contribution >= 4 is 28.8 Å². The van der Waals surface area contributed by atoms with E-state index in [1.807, 2.05) is 0 Å². The predicted octanol–water partition coefficient (Wildman–Crippen LogP) is 10.0. The fourth-order valence-electron chi connectivity index (χ4n) is 9.20. The Hall–Kier alpha value is -7.01. The number of aryl methyl sites for hydroxylation is 2.